The van der Waals surface area contributed by atoms with Crippen molar-refractivity contribution in [2.24, 2.45) is 7.05 Å². The molecule has 2 aromatic heterocycles. The molecule has 2 heterocycles. The van der Waals surface area contributed by atoms with Crippen molar-refractivity contribution in [3.05, 3.63) is 106 Å². The number of amides is 1. The summed E-state index contributed by atoms with van der Waals surface area (Å²) < 4.78 is 17.3. The molecule has 1 amide bonds. The van der Waals surface area contributed by atoms with Gasteiger partial charge < -0.3 is 9.88 Å². The van der Waals surface area contributed by atoms with Gasteiger partial charge in [-0.25, -0.2) is 14.1 Å². The summed E-state index contributed by atoms with van der Waals surface area (Å²) in [5.74, 6) is -0.222. The Hall–Kier alpha value is -3.45. The number of hydrogen-bond acceptors (Lipinski definition) is 3. The molecular formula is C24H23ClFN5O. The lowest BCUT2D eigenvalue weighted by molar-refractivity contribution is 0.0940. The van der Waals surface area contributed by atoms with Crippen LogP contribution in [0.25, 0.3) is 0 Å². The van der Waals surface area contributed by atoms with Gasteiger partial charge in [-0.1, -0.05) is 53.6 Å². The molecule has 0 aliphatic rings. The van der Waals surface area contributed by atoms with E-state index in [4.69, 9.17) is 11.6 Å². The number of aromatic nitrogens is 4. The highest BCUT2D eigenvalue weighted by atomic mass is 35.5. The average Bonchev–Trinajstić information content (AvgIpc) is 3.30. The van der Waals surface area contributed by atoms with E-state index in [2.05, 4.69) is 15.4 Å². The maximum Gasteiger partial charge on any atom is 0.257 e. The van der Waals surface area contributed by atoms with Crippen LogP contribution in [0.5, 0.6) is 0 Å². The number of carbonyl (C=O) groups excluding carboxylic acids is 1. The van der Waals surface area contributed by atoms with Gasteiger partial charge in [-0.2, -0.15) is 5.10 Å². The zero-order chi connectivity index (χ0) is 22.8. The Morgan fingerprint density at radius 2 is 1.94 bits per heavy atom. The molecule has 32 heavy (non-hydrogen) atoms. The second-order valence-corrected chi connectivity index (χ2v) is 8.11. The molecule has 0 fully saturated rings. The molecule has 0 aliphatic carbocycles. The van der Waals surface area contributed by atoms with Crippen molar-refractivity contribution in [1.82, 2.24) is 24.6 Å². The summed E-state index contributed by atoms with van der Waals surface area (Å²) in [6, 6.07) is 13.5. The fourth-order valence-corrected chi connectivity index (χ4v) is 3.94. The van der Waals surface area contributed by atoms with Crippen LogP contribution in [-0.2, 0) is 13.6 Å². The molecule has 1 N–H and O–H groups in total. The van der Waals surface area contributed by atoms with Crippen LogP contribution in [0.15, 0.2) is 60.9 Å². The minimum atomic E-state index is -0.658. The number of halogens is 2. The smallest absolute Gasteiger partial charge is 0.257 e. The summed E-state index contributed by atoms with van der Waals surface area (Å²) in [6.45, 7) is 4.21. The minimum Gasteiger partial charge on any atom is -0.338 e. The Balaban J connectivity index is 1.65. The molecule has 0 spiro atoms. The van der Waals surface area contributed by atoms with Crippen LogP contribution in [0.3, 0.4) is 0 Å². The standard InChI is InChI=1S/C24H23ClFN5O/c1-15-7-9-17(10-8-15)14-31-22(25)20(16(2)29-31)24(32)28-21(23-27-11-12-30(23)3)18-5-4-6-19(26)13-18/h4-13,21H,14H2,1-3H3,(H,28,32). The summed E-state index contributed by atoms with van der Waals surface area (Å²) >= 11 is 6.58. The van der Waals surface area contributed by atoms with Gasteiger partial charge >= 0.3 is 0 Å². The Kier molecular flexibility index (Phi) is 6.10. The number of hydrogen-bond donors (Lipinski definition) is 1. The van der Waals surface area contributed by atoms with Crippen LogP contribution in [0.2, 0.25) is 5.15 Å². The van der Waals surface area contributed by atoms with E-state index in [1.165, 1.54) is 12.1 Å². The molecule has 0 bridgehead atoms. The summed E-state index contributed by atoms with van der Waals surface area (Å²) in [6.07, 6.45) is 3.40. The summed E-state index contributed by atoms with van der Waals surface area (Å²) in [7, 11) is 1.82. The summed E-state index contributed by atoms with van der Waals surface area (Å²) in [5, 5.41) is 7.67. The van der Waals surface area contributed by atoms with Crippen molar-refractivity contribution in [3.8, 4) is 0 Å². The molecule has 2 aromatic carbocycles. The molecule has 4 aromatic rings. The van der Waals surface area contributed by atoms with Crippen molar-refractivity contribution in [2.45, 2.75) is 26.4 Å². The van der Waals surface area contributed by atoms with Gasteiger partial charge in [-0.15, -0.1) is 0 Å². The lowest BCUT2D eigenvalue weighted by Gasteiger charge is -2.19. The average molecular weight is 452 g/mol. The maximum atomic E-state index is 13.9. The molecule has 1 unspecified atom stereocenters. The Labute approximate surface area is 190 Å². The molecule has 164 valence electrons. The first kappa shape index (κ1) is 21.8. The fraction of sp³-hybridized carbons (Fsp3) is 0.208. The Bertz CT molecular complexity index is 1260. The maximum absolute atomic E-state index is 13.9. The lowest BCUT2D eigenvalue weighted by atomic mass is 10.1. The molecular weight excluding hydrogens is 429 g/mol. The summed E-state index contributed by atoms with van der Waals surface area (Å²) in [5.41, 5.74) is 3.56. The Morgan fingerprint density at radius 3 is 2.59 bits per heavy atom. The van der Waals surface area contributed by atoms with Crippen molar-refractivity contribution in [3.63, 3.8) is 0 Å². The molecule has 0 saturated heterocycles. The van der Waals surface area contributed by atoms with Gasteiger partial charge in [-0.3, -0.25) is 4.79 Å². The van der Waals surface area contributed by atoms with Gasteiger partial charge in [0.25, 0.3) is 5.91 Å². The highest BCUT2D eigenvalue weighted by Crippen LogP contribution is 2.25. The second-order valence-electron chi connectivity index (χ2n) is 7.75. The third-order valence-corrected chi connectivity index (χ3v) is 5.70. The van der Waals surface area contributed by atoms with Crippen LogP contribution < -0.4 is 5.32 Å². The highest BCUT2D eigenvalue weighted by molar-refractivity contribution is 6.33. The van der Waals surface area contributed by atoms with Crippen molar-refractivity contribution in [1.29, 1.82) is 0 Å². The zero-order valence-electron chi connectivity index (χ0n) is 18.0. The number of benzene rings is 2. The fourth-order valence-electron chi connectivity index (χ4n) is 3.62. The zero-order valence-corrected chi connectivity index (χ0v) is 18.8. The first-order valence-electron chi connectivity index (χ1n) is 10.2. The van der Waals surface area contributed by atoms with Gasteiger partial charge in [0.2, 0.25) is 0 Å². The van der Waals surface area contributed by atoms with E-state index in [-0.39, 0.29) is 10.7 Å². The molecule has 1 atom stereocenters. The van der Waals surface area contributed by atoms with E-state index in [1.807, 2.05) is 38.2 Å². The molecule has 0 saturated carbocycles. The third kappa shape index (κ3) is 4.43. The second kappa shape index (κ2) is 8.96. The number of imidazole rings is 1. The highest BCUT2D eigenvalue weighted by Gasteiger charge is 2.26. The third-order valence-electron chi connectivity index (χ3n) is 5.32. The minimum absolute atomic E-state index is 0.249. The Morgan fingerprint density at radius 1 is 1.19 bits per heavy atom. The molecule has 0 aliphatic heterocycles. The number of aryl methyl sites for hydroxylation is 3. The van der Waals surface area contributed by atoms with Crippen LogP contribution in [-0.4, -0.2) is 25.2 Å². The van der Waals surface area contributed by atoms with Crippen molar-refractivity contribution < 1.29 is 9.18 Å². The van der Waals surface area contributed by atoms with E-state index >= 15 is 0 Å². The molecule has 8 heteroatoms. The molecule has 6 nitrogen and oxygen atoms in total. The lowest BCUT2D eigenvalue weighted by Crippen LogP contribution is -2.31. The van der Waals surface area contributed by atoms with Crippen LogP contribution in [0.1, 0.15) is 44.6 Å². The van der Waals surface area contributed by atoms with E-state index in [9.17, 15) is 9.18 Å². The number of nitrogens with one attached hydrogen (secondary N) is 1. The number of rotatable bonds is 6. The quantitative estimate of drug-likeness (QED) is 0.466. The predicted octanol–water partition coefficient (Wildman–Crippen LogP) is 4.59. The van der Waals surface area contributed by atoms with Gasteiger partial charge in [0.1, 0.15) is 22.8 Å². The van der Waals surface area contributed by atoms with Crippen LogP contribution >= 0.6 is 11.6 Å². The first-order chi connectivity index (χ1) is 15.3. The topological polar surface area (TPSA) is 64.7 Å². The monoisotopic (exact) mass is 451 g/mol. The van der Waals surface area contributed by atoms with Crippen LogP contribution in [0, 0.1) is 19.7 Å². The number of nitrogens with zero attached hydrogens (tertiary/aromatic N) is 4. The van der Waals surface area contributed by atoms with Gasteiger partial charge in [-0.05, 0) is 37.1 Å². The van der Waals surface area contributed by atoms with E-state index in [1.54, 1.807) is 40.7 Å². The van der Waals surface area contributed by atoms with E-state index < -0.39 is 17.8 Å². The normalized spacial score (nSPS) is 12.0. The van der Waals surface area contributed by atoms with Gasteiger partial charge in [0, 0.05) is 19.4 Å². The summed E-state index contributed by atoms with van der Waals surface area (Å²) in [4.78, 5) is 17.6. The molecule has 4 rings (SSSR count). The number of carbonyl (C=O) groups is 1. The van der Waals surface area contributed by atoms with Crippen molar-refractivity contribution in [2.75, 3.05) is 0 Å². The van der Waals surface area contributed by atoms with Crippen molar-refractivity contribution >= 4 is 17.5 Å². The van der Waals surface area contributed by atoms with E-state index in [0.29, 0.717) is 23.6 Å². The van der Waals surface area contributed by atoms with Gasteiger partial charge in [0.05, 0.1) is 17.8 Å². The molecule has 0 radical (unpaired) electrons. The predicted molar refractivity (Wildman–Crippen MR) is 121 cm³/mol. The van der Waals surface area contributed by atoms with E-state index in [0.717, 1.165) is 11.1 Å². The van der Waals surface area contributed by atoms with Crippen LogP contribution in [0.4, 0.5) is 4.39 Å². The largest absolute Gasteiger partial charge is 0.338 e. The first-order valence-corrected chi connectivity index (χ1v) is 10.5. The SMILES string of the molecule is Cc1ccc(Cn2nc(C)c(C(=O)NC(c3cccc(F)c3)c3nccn3C)c2Cl)cc1. The van der Waals surface area contributed by atoms with Gasteiger partial charge in [0.15, 0.2) is 0 Å².